The van der Waals surface area contributed by atoms with E-state index in [4.69, 9.17) is 18.0 Å². The van der Waals surface area contributed by atoms with Crippen LogP contribution in [-0.4, -0.2) is 9.97 Å². The van der Waals surface area contributed by atoms with Gasteiger partial charge in [-0.15, -0.1) is 11.3 Å². The van der Waals surface area contributed by atoms with Crippen molar-refractivity contribution in [3.05, 3.63) is 16.1 Å². The molecule has 0 saturated heterocycles. The van der Waals surface area contributed by atoms with Gasteiger partial charge in [0.05, 0.1) is 9.88 Å². The van der Waals surface area contributed by atoms with E-state index in [1.54, 1.807) is 17.5 Å². The van der Waals surface area contributed by atoms with Crippen molar-refractivity contribution < 1.29 is 0 Å². The van der Waals surface area contributed by atoms with Crippen LogP contribution in [-0.2, 0) is 5.41 Å². The Hall–Kier alpha value is -0.480. The van der Waals surface area contributed by atoms with Crippen LogP contribution in [0.2, 0.25) is 0 Å². The lowest BCUT2D eigenvalue weighted by atomic mass is 9.98. The van der Waals surface area contributed by atoms with Crippen LogP contribution in [0.25, 0.3) is 0 Å². The van der Waals surface area contributed by atoms with Gasteiger partial charge in [0.25, 0.3) is 0 Å². The van der Waals surface area contributed by atoms with E-state index in [1.807, 2.05) is 0 Å². The lowest BCUT2D eigenvalue weighted by molar-refractivity contribution is 0.585. The monoisotopic (exact) mass is 200 g/mol. The summed E-state index contributed by atoms with van der Waals surface area (Å²) < 4.78 is 0. The second-order valence-electron chi connectivity index (χ2n) is 3.64. The maximum absolute atomic E-state index is 5.47. The molecular formula is C8H12N2S2. The maximum Gasteiger partial charge on any atom is 0.115 e. The maximum atomic E-state index is 5.47. The van der Waals surface area contributed by atoms with Gasteiger partial charge in [0.1, 0.15) is 4.99 Å². The summed E-state index contributed by atoms with van der Waals surface area (Å²) in [5, 5.41) is 1.07. The molecule has 0 atom stereocenters. The minimum Gasteiger partial charge on any atom is -0.389 e. The first kappa shape index (κ1) is 9.61. The Balaban J connectivity index is 3.00. The highest BCUT2D eigenvalue weighted by Crippen LogP contribution is 2.26. The third kappa shape index (κ3) is 2.01. The lowest BCUT2D eigenvalue weighted by Crippen LogP contribution is -2.10. The number of thiocarbonyl (C=S) groups is 1. The summed E-state index contributed by atoms with van der Waals surface area (Å²) in [6.07, 6.45) is 1.74. The van der Waals surface area contributed by atoms with E-state index in [1.165, 1.54) is 0 Å². The quantitative estimate of drug-likeness (QED) is 0.705. The van der Waals surface area contributed by atoms with Crippen molar-refractivity contribution in [3.63, 3.8) is 0 Å². The number of hydrogen-bond donors (Lipinski definition) is 1. The van der Waals surface area contributed by atoms with Crippen LogP contribution in [0.3, 0.4) is 0 Å². The summed E-state index contributed by atoms with van der Waals surface area (Å²) in [7, 11) is 0. The van der Waals surface area contributed by atoms with Gasteiger partial charge >= 0.3 is 0 Å². The van der Waals surface area contributed by atoms with E-state index in [0.717, 1.165) is 9.88 Å². The van der Waals surface area contributed by atoms with E-state index < -0.39 is 0 Å². The minimum absolute atomic E-state index is 0.0910. The molecule has 4 heteroatoms. The van der Waals surface area contributed by atoms with Crippen LogP contribution in [0.15, 0.2) is 6.20 Å². The molecule has 0 aliphatic rings. The predicted molar refractivity (Wildman–Crippen MR) is 56.7 cm³/mol. The Labute approximate surface area is 81.8 Å². The van der Waals surface area contributed by atoms with Crippen molar-refractivity contribution in [2.45, 2.75) is 26.2 Å². The molecule has 2 nitrogen and oxygen atoms in total. The van der Waals surface area contributed by atoms with E-state index >= 15 is 0 Å². The number of nitrogens with two attached hydrogens (primary N) is 1. The Kier molecular flexibility index (Phi) is 2.49. The first-order chi connectivity index (χ1) is 5.41. The average Bonchev–Trinajstić information content (AvgIpc) is 2.30. The molecule has 0 unspecified atom stereocenters. The van der Waals surface area contributed by atoms with Gasteiger partial charge < -0.3 is 5.73 Å². The minimum atomic E-state index is 0.0910. The van der Waals surface area contributed by atoms with Crippen molar-refractivity contribution in [3.8, 4) is 0 Å². The molecule has 0 amide bonds. The Bertz CT molecular complexity index is 296. The zero-order valence-electron chi connectivity index (χ0n) is 7.42. The van der Waals surface area contributed by atoms with E-state index in [2.05, 4.69) is 25.8 Å². The van der Waals surface area contributed by atoms with E-state index in [0.29, 0.717) is 4.99 Å². The molecule has 1 aromatic rings. The van der Waals surface area contributed by atoms with Gasteiger partial charge in [0.2, 0.25) is 0 Å². The largest absolute Gasteiger partial charge is 0.389 e. The smallest absolute Gasteiger partial charge is 0.115 e. The first-order valence-electron chi connectivity index (χ1n) is 3.67. The number of aromatic nitrogens is 1. The van der Waals surface area contributed by atoms with Crippen LogP contribution in [0, 0.1) is 0 Å². The van der Waals surface area contributed by atoms with Crippen molar-refractivity contribution in [2.24, 2.45) is 5.73 Å². The molecule has 12 heavy (non-hydrogen) atoms. The molecule has 0 spiro atoms. The molecule has 0 radical (unpaired) electrons. The summed E-state index contributed by atoms with van der Waals surface area (Å²) in [5.74, 6) is 0. The normalized spacial score (nSPS) is 11.6. The van der Waals surface area contributed by atoms with Gasteiger partial charge in [-0.05, 0) is 0 Å². The summed E-state index contributed by atoms with van der Waals surface area (Å²) in [5.41, 5.74) is 5.56. The lowest BCUT2D eigenvalue weighted by Gasteiger charge is -2.13. The fourth-order valence-electron chi connectivity index (χ4n) is 0.735. The second-order valence-corrected chi connectivity index (χ2v) is 5.11. The zero-order chi connectivity index (χ0) is 9.35. The third-order valence-corrected chi connectivity index (χ3v) is 3.20. The highest BCUT2D eigenvalue weighted by Gasteiger charge is 2.18. The molecule has 1 heterocycles. The topological polar surface area (TPSA) is 38.9 Å². The molecule has 0 aliphatic heterocycles. The summed E-state index contributed by atoms with van der Waals surface area (Å²) in [6, 6.07) is 0. The number of thiazole rings is 1. The number of nitrogens with zero attached hydrogens (tertiary/aromatic N) is 1. The number of hydrogen-bond acceptors (Lipinski definition) is 3. The molecule has 0 bridgehead atoms. The predicted octanol–water partition coefficient (Wildman–Crippen LogP) is 2.07. The van der Waals surface area contributed by atoms with Gasteiger partial charge in [0.15, 0.2) is 0 Å². The summed E-state index contributed by atoms with van der Waals surface area (Å²) in [6.45, 7) is 6.36. The van der Waals surface area contributed by atoms with Gasteiger partial charge in [-0.25, -0.2) is 4.98 Å². The van der Waals surface area contributed by atoms with Gasteiger partial charge in [-0.2, -0.15) is 0 Å². The van der Waals surface area contributed by atoms with Crippen LogP contribution >= 0.6 is 23.6 Å². The molecule has 66 valence electrons. The molecule has 0 aromatic carbocycles. The summed E-state index contributed by atoms with van der Waals surface area (Å²) in [4.78, 5) is 5.59. The van der Waals surface area contributed by atoms with Crippen LogP contribution in [0.1, 0.15) is 30.7 Å². The average molecular weight is 200 g/mol. The van der Waals surface area contributed by atoms with Gasteiger partial charge in [0, 0.05) is 11.6 Å². The fourth-order valence-corrected chi connectivity index (χ4v) is 1.74. The van der Waals surface area contributed by atoms with E-state index in [-0.39, 0.29) is 5.41 Å². The molecule has 2 N–H and O–H groups in total. The Morgan fingerprint density at radius 1 is 1.58 bits per heavy atom. The molecule has 0 fully saturated rings. The van der Waals surface area contributed by atoms with Crippen molar-refractivity contribution >= 4 is 28.5 Å². The van der Waals surface area contributed by atoms with Gasteiger partial charge in [-0.1, -0.05) is 33.0 Å². The Morgan fingerprint density at radius 3 is 2.42 bits per heavy atom. The molecule has 1 aromatic heterocycles. The standard InChI is InChI=1S/C8H12N2S2/c1-8(2,3)7-10-4-5(12-7)6(9)11/h4H,1-3H3,(H2,9,11). The highest BCUT2D eigenvalue weighted by atomic mass is 32.1. The van der Waals surface area contributed by atoms with E-state index in [9.17, 15) is 0 Å². The summed E-state index contributed by atoms with van der Waals surface area (Å²) >= 11 is 6.42. The van der Waals surface area contributed by atoms with Crippen molar-refractivity contribution in [1.82, 2.24) is 4.98 Å². The van der Waals surface area contributed by atoms with Gasteiger partial charge in [-0.3, -0.25) is 0 Å². The first-order valence-corrected chi connectivity index (χ1v) is 4.90. The fraction of sp³-hybridized carbons (Fsp3) is 0.500. The molecule has 0 saturated carbocycles. The zero-order valence-corrected chi connectivity index (χ0v) is 9.05. The van der Waals surface area contributed by atoms with Crippen LogP contribution in [0.4, 0.5) is 0 Å². The highest BCUT2D eigenvalue weighted by molar-refractivity contribution is 7.81. The SMILES string of the molecule is CC(C)(C)c1ncc(C(N)=S)s1. The van der Waals surface area contributed by atoms with Crippen molar-refractivity contribution in [2.75, 3.05) is 0 Å². The second kappa shape index (κ2) is 3.11. The molecule has 1 rings (SSSR count). The van der Waals surface area contributed by atoms with Crippen molar-refractivity contribution in [1.29, 1.82) is 0 Å². The number of rotatable bonds is 1. The van der Waals surface area contributed by atoms with Crippen LogP contribution in [0.5, 0.6) is 0 Å². The molecule has 0 aliphatic carbocycles. The van der Waals surface area contributed by atoms with Crippen LogP contribution < -0.4 is 5.73 Å². The third-order valence-electron chi connectivity index (χ3n) is 1.39. The molecular weight excluding hydrogens is 188 g/mol. The Morgan fingerprint density at radius 2 is 2.17 bits per heavy atom.